The van der Waals surface area contributed by atoms with E-state index in [0.717, 1.165) is 0 Å². The molecule has 0 spiro atoms. The Bertz CT molecular complexity index is 1050. The number of aromatic nitrogens is 2. The number of amides is 2. The van der Waals surface area contributed by atoms with Gasteiger partial charge in [0.05, 0.1) is 18.3 Å². The molecule has 3 atom stereocenters. The van der Waals surface area contributed by atoms with E-state index >= 15 is 0 Å². The van der Waals surface area contributed by atoms with E-state index in [0.29, 0.717) is 49.1 Å². The van der Waals surface area contributed by atoms with Crippen LogP contribution in [-0.4, -0.2) is 61.5 Å². The number of nitrogens with zero attached hydrogens (tertiary/aromatic N) is 3. The number of ether oxygens (including phenoxy) is 1. The minimum atomic E-state index is -3.33. The van der Waals surface area contributed by atoms with Crippen molar-refractivity contribution in [2.75, 3.05) is 31.3 Å². The zero-order valence-corrected chi connectivity index (χ0v) is 18.6. The highest BCUT2D eigenvalue weighted by molar-refractivity contribution is 7.89. The second kappa shape index (κ2) is 8.12. The molecule has 2 aromatic rings. The predicted molar refractivity (Wildman–Crippen MR) is 113 cm³/mol. The Morgan fingerprint density at radius 3 is 2.71 bits per heavy atom. The molecule has 2 amide bonds. The Labute approximate surface area is 181 Å². The van der Waals surface area contributed by atoms with Crippen LogP contribution < -0.4 is 14.8 Å². The third-order valence-corrected chi connectivity index (χ3v) is 7.64. The van der Waals surface area contributed by atoms with Crippen molar-refractivity contribution in [3.05, 3.63) is 36.0 Å². The number of aryl methyl sites for hydroxylation is 1. The van der Waals surface area contributed by atoms with E-state index in [-0.39, 0.29) is 23.7 Å². The van der Waals surface area contributed by atoms with Gasteiger partial charge in [-0.2, -0.15) is 4.98 Å². The molecule has 0 bridgehead atoms. The summed E-state index contributed by atoms with van der Waals surface area (Å²) >= 11 is 0. The van der Waals surface area contributed by atoms with Crippen molar-refractivity contribution in [1.29, 1.82) is 0 Å². The van der Waals surface area contributed by atoms with Crippen molar-refractivity contribution in [1.82, 2.24) is 19.8 Å². The maximum absolute atomic E-state index is 12.9. The van der Waals surface area contributed by atoms with Gasteiger partial charge in [-0.25, -0.2) is 17.9 Å². The third-order valence-electron chi connectivity index (χ3n) is 6.18. The fraction of sp³-hybridized carbons (Fsp3) is 0.550. The Morgan fingerprint density at radius 2 is 2.10 bits per heavy atom. The molecule has 1 aliphatic carbocycles. The first kappa shape index (κ1) is 21.6. The van der Waals surface area contributed by atoms with E-state index < -0.39 is 15.4 Å². The van der Waals surface area contributed by atoms with Crippen LogP contribution in [0, 0.1) is 12.8 Å². The van der Waals surface area contributed by atoms with Crippen LogP contribution in [0.4, 0.5) is 10.5 Å². The van der Waals surface area contributed by atoms with Gasteiger partial charge in [-0.1, -0.05) is 5.16 Å². The normalized spacial score (nSPS) is 25.5. The summed E-state index contributed by atoms with van der Waals surface area (Å²) in [5.41, 5.74) is 0.0959. The van der Waals surface area contributed by atoms with Gasteiger partial charge in [0, 0.05) is 24.8 Å². The first-order valence-corrected chi connectivity index (χ1v) is 11.9. The second-order valence-corrected chi connectivity index (χ2v) is 10.2. The zero-order valence-electron chi connectivity index (χ0n) is 17.8. The van der Waals surface area contributed by atoms with E-state index in [1.54, 1.807) is 50.1 Å². The number of carbonyl (C=O) groups is 1. The molecule has 4 rings (SSSR count). The zero-order chi connectivity index (χ0) is 22.2. The first-order chi connectivity index (χ1) is 14.7. The van der Waals surface area contributed by atoms with Gasteiger partial charge < -0.3 is 19.5 Å². The van der Waals surface area contributed by atoms with E-state index in [1.807, 2.05) is 0 Å². The molecule has 1 aliphatic heterocycles. The fourth-order valence-corrected chi connectivity index (χ4v) is 5.51. The number of benzene rings is 1. The third kappa shape index (κ3) is 4.24. The SMILES string of the molecule is CCS(=O)(=O)N[C@@H]1CC2CN(C(=O)Nc3ccc(OC)cc3)C[C@@]2(c2nc(C)no2)C1. The van der Waals surface area contributed by atoms with Gasteiger partial charge in [-0.05, 0) is 56.9 Å². The van der Waals surface area contributed by atoms with Gasteiger partial charge in [-0.3, -0.25) is 0 Å². The lowest BCUT2D eigenvalue weighted by Crippen LogP contribution is -2.41. The molecule has 1 aromatic carbocycles. The molecule has 0 radical (unpaired) electrons. The van der Waals surface area contributed by atoms with Crippen molar-refractivity contribution in [2.45, 2.75) is 38.1 Å². The molecule has 2 fully saturated rings. The van der Waals surface area contributed by atoms with Gasteiger partial charge >= 0.3 is 6.03 Å². The molecule has 168 valence electrons. The van der Waals surface area contributed by atoms with Crippen LogP contribution in [0.2, 0.25) is 0 Å². The van der Waals surface area contributed by atoms with Gasteiger partial charge in [0.25, 0.3) is 0 Å². The highest BCUT2D eigenvalue weighted by Gasteiger charge is 2.58. The molecule has 2 heterocycles. The molecular formula is C20H27N5O5S. The lowest BCUT2D eigenvalue weighted by atomic mass is 9.80. The van der Waals surface area contributed by atoms with E-state index in [4.69, 9.17) is 9.26 Å². The number of sulfonamides is 1. The summed E-state index contributed by atoms with van der Waals surface area (Å²) < 4.78 is 37.6. The number of anilines is 1. The van der Waals surface area contributed by atoms with Crippen LogP contribution in [0.3, 0.4) is 0 Å². The van der Waals surface area contributed by atoms with Crippen molar-refractivity contribution in [2.24, 2.45) is 5.92 Å². The van der Waals surface area contributed by atoms with Gasteiger partial charge in [-0.15, -0.1) is 0 Å². The topological polar surface area (TPSA) is 127 Å². The Kier molecular flexibility index (Phi) is 5.65. The average Bonchev–Trinajstić information content (AvgIpc) is 3.41. The Balaban J connectivity index is 1.53. The summed E-state index contributed by atoms with van der Waals surface area (Å²) in [5.74, 6) is 1.73. The molecule has 1 aromatic heterocycles. The smallest absolute Gasteiger partial charge is 0.321 e. The fourth-order valence-electron chi connectivity index (χ4n) is 4.66. The standard InChI is InChI=1S/C20H27N5O5S/c1-4-31(27,28)24-16-9-14-11-25(12-20(14,10-16)18-21-13(2)23-30-18)19(26)22-15-5-7-17(29-3)8-6-15/h5-8,14,16,24H,4,9-12H2,1-3H3,(H,22,26)/t14?,16-,20+/m1/s1. The van der Waals surface area contributed by atoms with Crippen LogP contribution in [0.5, 0.6) is 5.75 Å². The van der Waals surface area contributed by atoms with Crippen molar-refractivity contribution >= 4 is 21.7 Å². The highest BCUT2D eigenvalue weighted by Crippen LogP contribution is 2.50. The minimum Gasteiger partial charge on any atom is -0.497 e. The van der Waals surface area contributed by atoms with Crippen molar-refractivity contribution in [3.63, 3.8) is 0 Å². The number of methoxy groups -OCH3 is 1. The van der Waals surface area contributed by atoms with Crippen molar-refractivity contribution < 1.29 is 22.5 Å². The lowest BCUT2D eigenvalue weighted by molar-refractivity contribution is 0.212. The summed E-state index contributed by atoms with van der Waals surface area (Å²) in [6.45, 7) is 4.22. The molecule has 11 heteroatoms. The Hall–Kier alpha value is -2.66. The van der Waals surface area contributed by atoms with E-state index in [1.165, 1.54) is 0 Å². The number of urea groups is 1. The van der Waals surface area contributed by atoms with Gasteiger partial charge in [0.15, 0.2) is 5.82 Å². The van der Waals surface area contributed by atoms with Crippen LogP contribution in [0.15, 0.2) is 28.8 Å². The molecule has 1 unspecified atom stereocenters. The summed E-state index contributed by atoms with van der Waals surface area (Å²) in [7, 11) is -1.75. The summed E-state index contributed by atoms with van der Waals surface area (Å²) in [5, 5.41) is 6.84. The monoisotopic (exact) mass is 449 g/mol. The number of likely N-dealkylation sites (tertiary alicyclic amines) is 1. The van der Waals surface area contributed by atoms with Gasteiger partial charge in [0.2, 0.25) is 15.9 Å². The number of hydrogen-bond donors (Lipinski definition) is 2. The molecular weight excluding hydrogens is 422 g/mol. The van der Waals surface area contributed by atoms with Crippen LogP contribution in [0.25, 0.3) is 0 Å². The largest absolute Gasteiger partial charge is 0.497 e. The average molecular weight is 450 g/mol. The molecule has 2 aliphatic rings. The minimum absolute atomic E-state index is 0.0125. The molecule has 31 heavy (non-hydrogen) atoms. The molecule has 1 saturated carbocycles. The molecule has 10 nitrogen and oxygen atoms in total. The number of rotatable bonds is 6. The van der Waals surface area contributed by atoms with E-state index in [2.05, 4.69) is 20.2 Å². The first-order valence-electron chi connectivity index (χ1n) is 10.3. The number of carbonyl (C=O) groups excluding carboxylic acids is 1. The number of nitrogens with one attached hydrogen (secondary N) is 2. The van der Waals surface area contributed by atoms with Crippen LogP contribution in [-0.2, 0) is 15.4 Å². The van der Waals surface area contributed by atoms with Crippen molar-refractivity contribution in [3.8, 4) is 5.75 Å². The number of hydrogen-bond acceptors (Lipinski definition) is 7. The predicted octanol–water partition coefficient (Wildman–Crippen LogP) is 1.89. The molecule has 1 saturated heterocycles. The molecule has 2 N–H and O–H groups in total. The maximum Gasteiger partial charge on any atom is 0.321 e. The van der Waals surface area contributed by atoms with Gasteiger partial charge in [0.1, 0.15) is 5.75 Å². The number of fused-ring (bicyclic) bond motifs is 1. The quantitative estimate of drug-likeness (QED) is 0.689. The Morgan fingerprint density at radius 1 is 1.35 bits per heavy atom. The second-order valence-electron chi connectivity index (χ2n) is 8.20. The highest BCUT2D eigenvalue weighted by atomic mass is 32.2. The van der Waals surface area contributed by atoms with Crippen LogP contribution >= 0.6 is 0 Å². The van der Waals surface area contributed by atoms with Crippen LogP contribution in [0.1, 0.15) is 31.5 Å². The summed E-state index contributed by atoms with van der Waals surface area (Å²) in [6.07, 6.45) is 1.11. The van der Waals surface area contributed by atoms with E-state index in [9.17, 15) is 13.2 Å². The lowest BCUT2D eigenvalue weighted by Gasteiger charge is -2.25. The maximum atomic E-state index is 12.9. The summed E-state index contributed by atoms with van der Waals surface area (Å²) in [6, 6.07) is 6.67. The summed E-state index contributed by atoms with van der Waals surface area (Å²) in [4.78, 5) is 19.1.